The lowest BCUT2D eigenvalue weighted by Crippen LogP contribution is -2.15. The van der Waals surface area contributed by atoms with Gasteiger partial charge < -0.3 is 16.0 Å². The van der Waals surface area contributed by atoms with Crippen LogP contribution in [-0.4, -0.2) is 17.7 Å². The van der Waals surface area contributed by atoms with Crippen LogP contribution < -0.4 is 16.0 Å². The highest BCUT2D eigenvalue weighted by atomic mass is 32.1. The van der Waals surface area contributed by atoms with Gasteiger partial charge >= 0.3 is 6.18 Å². The Labute approximate surface area is 197 Å². The maximum Gasteiger partial charge on any atom is 0.416 e. The maximum absolute atomic E-state index is 12.9. The summed E-state index contributed by atoms with van der Waals surface area (Å²) in [6.07, 6.45) is -2.77. The van der Waals surface area contributed by atoms with Gasteiger partial charge in [-0.05, 0) is 67.8 Å². The molecule has 6 nitrogen and oxygen atoms in total. The molecule has 0 spiro atoms. The lowest BCUT2D eigenvalue weighted by molar-refractivity contribution is -0.137. The molecule has 0 bridgehead atoms. The number of alkyl halides is 3. The van der Waals surface area contributed by atoms with Crippen LogP contribution in [0.3, 0.4) is 0 Å². The molecular weight excluding hydrogens is 467 g/mol. The number of carbonyl (C=O) groups excluding carboxylic acids is 3. The van der Waals surface area contributed by atoms with E-state index in [9.17, 15) is 27.6 Å². The summed E-state index contributed by atoms with van der Waals surface area (Å²) in [5.74, 6) is -1.02. The van der Waals surface area contributed by atoms with Gasteiger partial charge in [-0.3, -0.25) is 14.4 Å². The van der Waals surface area contributed by atoms with E-state index in [4.69, 9.17) is 0 Å². The average molecular weight is 488 g/mol. The van der Waals surface area contributed by atoms with Crippen LogP contribution in [0.15, 0.2) is 54.6 Å². The fraction of sp³-hybridized carbons (Fsp3) is 0.208. The van der Waals surface area contributed by atoms with Crippen molar-refractivity contribution in [3.05, 3.63) is 76.2 Å². The molecule has 1 saturated carbocycles. The van der Waals surface area contributed by atoms with Gasteiger partial charge in [-0.25, -0.2) is 0 Å². The second kappa shape index (κ2) is 9.30. The number of halogens is 3. The van der Waals surface area contributed by atoms with Crippen LogP contribution in [0, 0.1) is 12.8 Å². The number of hydrogen-bond donors (Lipinski definition) is 3. The molecular formula is C24H20F3N3O3S. The zero-order chi connectivity index (χ0) is 24.5. The zero-order valence-corrected chi connectivity index (χ0v) is 18.8. The first-order valence-corrected chi connectivity index (χ1v) is 11.2. The van der Waals surface area contributed by atoms with E-state index in [0.717, 1.165) is 36.3 Å². The lowest BCUT2D eigenvalue weighted by Gasteiger charge is -2.11. The molecule has 10 heteroatoms. The minimum atomic E-state index is -4.52. The molecule has 1 fully saturated rings. The number of nitrogens with one attached hydrogen (secondary N) is 3. The number of carbonyl (C=O) groups is 3. The van der Waals surface area contributed by atoms with Gasteiger partial charge in [0.15, 0.2) is 0 Å². The van der Waals surface area contributed by atoms with E-state index in [1.807, 2.05) is 0 Å². The van der Waals surface area contributed by atoms with Crippen molar-refractivity contribution < 1.29 is 27.6 Å². The molecule has 3 aromatic rings. The van der Waals surface area contributed by atoms with Crippen LogP contribution >= 0.6 is 11.3 Å². The van der Waals surface area contributed by atoms with Crippen molar-refractivity contribution >= 4 is 45.4 Å². The fourth-order valence-corrected chi connectivity index (χ4v) is 4.21. The minimum Gasteiger partial charge on any atom is -0.322 e. The quantitative estimate of drug-likeness (QED) is 0.403. The van der Waals surface area contributed by atoms with E-state index in [1.54, 1.807) is 25.1 Å². The highest BCUT2D eigenvalue weighted by Gasteiger charge is 2.31. The second-order valence-corrected chi connectivity index (χ2v) is 9.01. The second-order valence-electron chi connectivity index (χ2n) is 7.95. The van der Waals surface area contributed by atoms with Crippen LogP contribution in [0.5, 0.6) is 0 Å². The van der Waals surface area contributed by atoms with Crippen LogP contribution in [0.1, 0.15) is 44.0 Å². The molecule has 2 aromatic carbocycles. The smallest absolute Gasteiger partial charge is 0.322 e. The van der Waals surface area contributed by atoms with Crippen LogP contribution in [0.4, 0.5) is 29.5 Å². The minimum absolute atomic E-state index is 0.00393. The Hall–Kier alpha value is -3.66. The number of aryl methyl sites for hydroxylation is 1. The molecule has 1 aliphatic carbocycles. The highest BCUT2D eigenvalue weighted by Crippen LogP contribution is 2.33. The third kappa shape index (κ3) is 5.63. The van der Waals surface area contributed by atoms with Crippen LogP contribution in [0.2, 0.25) is 0 Å². The van der Waals surface area contributed by atoms with Crippen molar-refractivity contribution in [2.45, 2.75) is 25.9 Å². The molecule has 176 valence electrons. The fourth-order valence-electron chi connectivity index (χ4n) is 3.24. The summed E-state index contributed by atoms with van der Waals surface area (Å²) in [5.41, 5.74) is 0.343. The van der Waals surface area contributed by atoms with Crippen molar-refractivity contribution in [2.24, 2.45) is 5.92 Å². The van der Waals surface area contributed by atoms with Crippen molar-refractivity contribution in [3.63, 3.8) is 0 Å². The first-order valence-electron chi connectivity index (χ1n) is 10.4. The number of rotatable bonds is 6. The number of benzene rings is 2. The van der Waals surface area contributed by atoms with Crippen molar-refractivity contribution in [1.82, 2.24) is 0 Å². The monoisotopic (exact) mass is 487 g/mol. The van der Waals surface area contributed by atoms with Gasteiger partial charge in [-0.2, -0.15) is 13.2 Å². The Bertz CT molecular complexity index is 1270. The molecule has 0 saturated heterocycles. The van der Waals surface area contributed by atoms with E-state index in [-0.39, 0.29) is 23.1 Å². The van der Waals surface area contributed by atoms with E-state index >= 15 is 0 Å². The van der Waals surface area contributed by atoms with Crippen molar-refractivity contribution in [1.29, 1.82) is 0 Å². The van der Waals surface area contributed by atoms with Gasteiger partial charge in [0.25, 0.3) is 11.8 Å². The van der Waals surface area contributed by atoms with E-state index in [0.29, 0.717) is 21.1 Å². The summed E-state index contributed by atoms with van der Waals surface area (Å²) in [4.78, 5) is 37.7. The van der Waals surface area contributed by atoms with Crippen molar-refractivity contribution in [2.75, 3.05) is 16.0 Å². The maximum atomic E-state index is 12.9. The molecule has 34 heavy (non-hydrogen) atoms. The molecule has 1 heterocycles. The molecule has 0 atom stereocenters. The topological polar surface area (TPSA) is 87.3 Å². The largest absolute Gasteiger partial charge is 0.416 e. The zero-order valence-electron chi connectivity index (χ0n) is 18.0. The molecule has 0 aliphatic heterocycles. The van der Waals surface area contributed by atoms with Gasteiger partial charge in [-0.15, -0.1) is 11.3 Å². The Balaban J connectivity index is 1.43. The molecule has 0 unspecified atom stereocenters. The Kier molecular flexibility index (Phi) is 6.43. The third-order valence-corrected chi connectivity index (χ3v) is 6.30. The van der Waals surface area contributed by atoms with Gasteiger partial charge in [0.1, 0.15) is 0 Å². The summed E-state index contributed by atoms with van der Waals surface area (Å²) in [6, 6.07) is 12.1. The summed E-state index contributed by atoms with van der Waals surface area (Å²) in [5, 5.41) is 8.57. The number of hydrogen-bond acceptors (Lipinski definition) is 4. The molecule has 3 amide bonds. The highest BCUT2D eigenvalue weighted by molar-refractivity contribution is 7.18. The van der Waals surface area contributed by atoms with E-state index in [2.05, 4.69) is 16.0 Å². The first kappa shape index (κ1) is 23.5. The third-order valence-electron chi connectivity index (χ3n) is 5.15. The first-order chi connectivity index (χ1) is 16.1. The SMILES string of the molecule is Cc1cc(NC(=O)C2CC2)sc1C(=O)Nc1cccc(C(=O)Nc2cccc(C(F)(F)F)c2)c1. The molecule has 3 N–H and O–H groups in total. The molecule has 0 radical (unpaired) electrons. The Morgan fingerprint density at radius 2 is 1.53 bits per heavy atom. The summed E-state index contributed by atoms with van der Waals surface area (Å²) in [6.45, 7) is 1.76. The lowest BCUT2D eigenvalue weighted by atomic mass is 10.1. The Morgan fingerprint density at radius 1 is 0.882 bits per heavy atom. The van der Waals surface area contributed by atoms with Gasteiger partial charge in [0.2, 0.25) is 5.91 Å². The average Bonchev–Trinajstić information content (AvgIpc) is 3.57. The van der Waals surface area contributed by atoms with Gasteiger partial charge in [-0.1, -0.05) is 12.1 Å². The van der Waals surface area contributed by atoms with Crippen molar-refractivity contribution in [3.8, 4) is 0 Å². The summed E-state index contributed by atoms with van der Waals surface area (Å²) in [7, 11) is 0. The normalized spacial score (nSPS) is 13.3. The van der Waals surface area contributed by atoms with Crippen LogP contribution in [-0.2, 0) is 11.0 Å². The molecule has 1 aliphatic rings. The van der Waals surface area contributed by atoms with E-state index < -0.39 is 23.6 Å². The number of amides is 3. The molecule has 4 rings (SSSR count). The summed E-state index contributed by atoms with van der Waals surface area (Å²) >= 11 is 1.16. The predicted octanol–water partition coefficient (Wildman–Crippen LogP) is 5.93. The predicted molar refractivity (Wildman–Crippen MR) is 124 cm³/mol. The summed E-state index contributed by atoms with van der Waals surface area (Å²) < 4.78 is 38.7. The number of thiophene rings is 1. The van der Waals surface area contributed by atoms with Gasteiger partial charge in [0, 0.05) is 22.9 Å². The van der Waals surface area contributed by atoms with Crippen LogP contribution in [0.25, 0.3) is 0 Å². The van der Waals surface area contributed by atoms with E-state index in [1.165, 1.54) is 24.3 Å². The van der Waals surface area contributed by atoms with Gasteiger partial charge in [0.05, 0.1) is 15.4 Å². The Morgan fingerprint density at radius 3 is 2.21 bits per heavy atom. The molecule has 1 aromatic heterocycles. The standard InChI is InChI=1S/C24H20F3N3O3S/c1-13-10-19(30-21(31)14-8-9-14)34-20(13)23(33)29-17-6-2-4-15(11-17)22(32)28-18-7-3-5-16(12-18)24(25,26)27/h2-7,10-12,14H,8-9H2,1H3,(H,28,32)(H,29,33)(H,30,31). The number of anilines is 3.